The number of carbonyl (C=O) groups is 1. The second-order valence-electron chi connectivity index (χ2n) is 9.56. The number of carbonyl (C=O) groups excluding carboxylic acids is 1. The highest BCUT2D eigenvalue weighted by atomic mass is 19.1. The van der Waals surface area contributed by atoms with Gasteiger partial charge in [-0.05, 0) is 45.7 Å². The summed E-state index contributed by atoms with van der Waals surface area (Å²) >= 11 is 0. The number of benzene rings is 1. The number of aromatic nitrogens is 4. The minimum absolute atomic E-state index is 0.131. The molecular formula is C22H27FN6O3. The van der Waals surface area contributed by atoms with Crippen LogP contribution >= 0.6 is 0 Å². The van der Waals surface area contributed by atoms with Gasteiger partial charge in [-0.3, -0.25) is 10.00 Å². The van der Waals surface area contributed by atoms with Crippen LogP contribution < -0.4 is 0 Å². The molecule has 1 amide bonds. The van der Waals surface area contributed by atoms with Crippen molar-refractivity contribution in [1.29, 1.82) is 0 Å². The number of H-pyrrole nitrogens is 1. The van der Waals surface area contributed by atoms with Crippen LogP contribution in [0.4, 0.5) is 9.18 Å². The SMILES string of the molecule is CC(C)(C)OC(=O)N1CCC(N2CC(c3nc(-c4c(F)ccc5[nH]ncc45)no3)C2)CC1. The van der Waals surface area contributed by atoms with Gasteiger partial charge in [0.2, 0.25) is 11.7 Å². The topological polar surface area (TPSA) is 100 Å². The molecule has 5 rings (SSSR count). The number of nitrogens with one attached hydrogen (secondary N) is 1. The van der Waals surface area contributed by atoms with Gasteiger partial charge in [0.25, 0.3) is 0 Å². The quantitative estimate of drug-likeness (QED) is 0.662. The van der Waals surface area contributed by atoms with E-state index in [2.05, 4.69) is 25.2 Å². The fourth-order valence-electron chi connectivity index (χ4n) is 4.43. The van der Waals surface area contributed by atoms with Crippen molar-refractivity contribution in [3.8, 4) is 11.4 Å². The second-order valence-corrected chi connectivity index (χ2v) is 9.56. The molecule has 2 fully saturated rings. The summed E-state index contributed by atoms with van der Waals surface area (Å²) in [4.78, 5) is 20.9. The van der Waals surface area contributed by atoms with E-state index in [1.807, 2.05) is 20.8 Å². The minimum Gasteiger partial charge on any atom is -0.444 e. The highest BCUT2D eigenvalue weighted by Crippen LogP contribution is 2.34. The van der Waals surface area contributed by atoms with E-state index < -0.39 is 11.4 Å². The zero-order chi connectivity index (χ0) is 22.5. The highest BCUT2D eigenvalue weighted by Gasteiger charge is 2.39. The van der Waals surface area contributed by atoms with E-state index in [-0.39, 0.29) is 17.8 Å². The van der Waals surface area contributed by atoms with Crippen LogP contribution in [0.25, 0.3) is 22.3 Å². The summed E-state index contributed by atoms with van der Waals surface area (Å²) in [5, 5.41) is 11.5. The largest absolute Gasteiger partial charge is 0.444 e. The molecule has 0 radical (unpaired) electrons. The van der Waals surface area contributed by atoms with Crippen molar-refractivity contribution < 1.29 is 18.4 Å². The molecule has 4 heterocycles. The molecule has 2 saturated heterocycles. The number of likely N-dealkylation sites (tertiary alicyclic amines) is 2. The lowest BCUT2D eigenvalue weighted by Crippen LogP contribution is -2.55. The molecule has 3 aromatic rings. The summed E-state index contributed by atoms with van der Waals surface area (Å²) in [5.74, 6) is 0.501. The standard InChI is InChI=1S/C22H27FN6O3/c1-22(2,3)31-21(30)28-8-6-14(7-9-28)29-11-13(12-29)20-25-19(27-32-20)18-15-10-24-26-17(15)5-4-16(18)23/h4-5,10,13-14H,6-9,11-12H2,1-3H3,(H,24,26). The van der Waals surface area contributed by atoms with Crippen LogP contribution in [0.5, 0.6) is 0 Å². The van der Waals surface area contributed by atoms with E-state index in [4.69, 9.17) is 9.26 Å². The summed E-state index contributed by atoms with van der Waals surface area (Å²) in [6.45, 7) is 8.66. The van der Waals surface area contributed by atoms with E-state index in [0.717, 1.165) is 31.4 Å². The third-order valence-electron chi connectivity index (χ3n) is 6.13. The van der Waals surface area contributed by atoms with Gasteiger partial charge < -0.3 is 14.2 Å². The van der Waals surface area contributed by atoms with E-state index in [0.29, 0.717) is 36.0 Å². The predicted octanol–water partition coefficient (Wildman–Crippen LogP) is 3.55. The van der Waals surface area contributed by atoms with Gasteiger partial charge in [-0.15, -0.1) is 0 Å². The molecule has 0 aliphatic carbocycles. The van der Waals surface area contributed by atoms with Crippen molar-refractivity contribution in [3.05, 3.63) is 30.0 Å². The molecule has 2 aromatic heterocycles. The van der Waals surface area contributed by atoms with Crippen LogP contribution in [0.2, 0.25) is 0 Å². The van der Waals surface area contributed by atoms with E-state index in [1.54, 1.807) is 17.2 Å². The summed E-state index contributed by atoms with van der Waals surface area (Å²) in [6, 6.07) is 3.44. The first-order valence-corrected chi connectivity index (χ1v) is 11.0. The molecular weight excluding hydrogens is 415 g/mol. The number of ether oxygens (including phenoxy) is 1. The van der Waals surface area contributed by atoms with Gasteiger partial charge in [0.1, 0.15) is 11.4 Å². The lowest BCUT2D eigenvalue weighted by atomic mass is 9.93. The van der Waals surface area contributed by atoms with Crippen molar-refractivity contribution in [2.45, 2.75) is 51.2 Å². The van der Waals surface area contributed by atoms with Crippen LogP contribution in [0.3, 0.4) is 0 Å². The average Bonchev–Trinajstić information content (AvgIpc) is 3.36. The number of halogens is 1. The first kappa shape index (κ1) is 20.9. The van der Waals surface area contributed by atoms with Crippen molar-refractivity contribution in [2.75, 3.05) is 26.2 Å². The van der Waals surface area contributed by atoms with Crippen LogP contribution in [0.15, 0.2) is 22.9 Å². The Hall–Kier alpha value is -3.01. The Morgan fingerprint density at radius 1 is 1.25 bits per heavy atom. The molecule has 0 spiro atoms. The summed E-state index contributed by atoms with van der Waals surface area (Å²) in [6.07, 6.45) is 3.15. The fourth-order valence-corrected chi connectivity index (χ4v) is 4.43. The number of hydrogen-bond donors (Lipinski definition) is 1. The van der Waals surface area contributed by atoms with Crippen LogP contribution in [0, 0.1) is 5.82 Å². The number of aromatic amines is 1. The molecule has 0 atom stereocenters. The normalized spacial score (nSPS) is 18.8. The third-order valence-corrected chi connectivity index (χ3v) is 6.13. The summed E-state index contributed by atoms with van der Waals surface area (Å²) < 4.78 is 25.4. The number of fused-ring (bicyclic) bond motifs is 1. The number of rotatable bonds is 3. The minimum atomic E-state index is -0.479. The molecule has 1 aromatic carbocycles. The van der Waals surface area contributed by atoms with Crippen LogP contribution in [-0.2, 0) is 4.74 Å². The van der Waals surface area contributed by atoms with Gasteiger partial charge in [0.15, 0.2) is 0 Å². The Morgan fingerprint density at radius 2 is 2.00 bits per heavy atom. The number of nitrogens with zero attached hydrogens (tertiary/aromatic N) is 5. The molecule has 2 aliphatic rings. The van der Waals surface area contributed by atoms with Crippen molar-refractivity contribution >= 4 is 17.0 Å². The molecule has 1 N–H and O–H groups in total. The van der Waals surface area contributed by atoms with Gasteiger partial charge in [0.05, 0.1) is 23.2 Å². The Bertz CT molecular complexity index is 1120. The molecule has 2 aliphatic heterocycles. The van der Waals surface area contributed by atoms with Gasteiger partial charge in [-0.25, -0.2) is 9.18 Å². The summed E-state index contributed by atoms with van der Waals surface area (Å²) in [7, 11) is 0. The fraction of sp³-hybridized carbons (Fsp3) is 0.545. The highest BCUT2D eigenvalue weighted by molar-refractivity contribution is 5.92. The van der Waals surface area contributed by atoms with Crippen LogP contribution in [0.1, 0.15) is 45.4 Å². The molecule has 9 nitrogen and oxygen atoms in total. The molecule has 0 unspecified atom stereocenters. The van der Waals surface area contributed by atoms with Gasteiger partial charge in [-0.2, -0.15) is 10.1 Å². The smallest absolute Gasteiger partial charge is 0.410 e. The maximum Gasteiger partial charge on any atom is 0.410 e. The zero-order valence-corrected chi connectivity index (χ0v) is 18.5. The molecule has 0 saturated carbocycles. The van der Waals surface area contributed by atoms with Gasteiger partial charge in [-0.1, -0.05) is 5.16 Å². The van der Waals surface area contributed by atoms with Crippen molar-refractivity contribution in [2.24, 2.45) is 0 Å². The molecule has 170 valence electrons. The number of hydrogen-bond acceptors (Lipinski definition) is 7. The Balaban J connectivity index is 1.18. The van der Waals surface area contributed by atoms with E-state index >= 15 is 0 Å². The Kier molecular flexibility index (Phi) is 5.11. The monoisotopic (exact) mass is 442 g/mol. The summed E-state index contributed by atoms with van der Waals surface area (Å²) in [5.41, 5.74) is 0.547. The molecule has 32 heavy (non-hydrogen) atoms. The Morgan fingerprint density at radius 3 is 2.72 bits per heavy atom. The predicted molar refractivity (Wildman–Crippen MR) is 114 cm³/mol. The molecule has 0 bridgehead atoms. The Labute approximate surface area is 184 Å². The van der Waals surface area contributed by atoms with Crippen molar-refractivity contribution in [3.63, 3.8) is 0 Å². The van der Waals surface area contributed by atoms with Gasteiger partial charge >= 0.3 is 6.09 Å². The second kappa shape index (κ2) is 7.84. The first-order valence-electron chi connectivity index (χ1n) is 11.0. The maximum atomic E-state index is 14.5. The maximum absolute atomic E-state index is 14.5. The van der Waals surface area contributed by atoms with Gasteiger partial charge in [0, 0.05) is 37.6 Å². The van der Waals surface area contributed by atoms with E-state index in [1.165, 1.54) is 6.07 Å². The van der Waals surface area contributed by atoms with Crippen LogP contribution in [-0.4, -0.2) is 74.1 Å². The van der Waals surface area contributed by atoms with Crippen molar-refractivity contribution in [1.82, 2.24) is 30.1 Å². The average molecular weight is 442 g/mol. The lowest BCUT2D eigenvalue weighted by Gasteiger charge is -2.45. The first-order chi connectivity index (χ1) is 15.3. The number of amides is 1. The van der Waals surface area contributed by atoms with E-state index in [9.17, 15) is 9.18 Å². The molecule has 10 heteroatoms. The third kappa shape index (κ3) is 3.94. The zero-order valence-electron chi connectivity index (χ0n) is 18.5. The number of piperidine rings is 1. The lowest BCUT2D eigenvalue weighted by molar-refractivity contribution is 0.00385.